The molecular weight excluding hydrogens is 500 g/mol. The summed E-state index contributed by atoms with van der Waals surface area (Å²) in [6, 6.07) is 39.0. The largest absolute Gasteiger partial charge is 0.468 e. The molecule has 0 amide bonds. The average molecular weight is 533 g/mol. The molecule has 4 aromatic carbocycles. The van der Waals surface area contributed by atoms with Gasteiger partial charge in [0.05, 0.1) is 25.2 Å². The predicted octanol–water partition coefficient (Wildman–Crippen LogP) is 4.65. The molecule has 202 valence electrons. The van der Waals surface area contributed by atoms with Gasteiger partial charge in [0.1, 0.15) is 6.04 Å². The van der Waals surface area contributed by atoms with E-state index in [-0.39, 0.29) is 0 Å². The lowest BCUT2D eigenvalue weighted by Gasteiger charge is -2.40. The highest BCUT2D eigenvalue weighted by Crippen LogP contribution is 2.37. The molecule has 2 N–H and O–H groups in total. The summed E-state index contributed by atoms with van der Waals surface area (Å²) < 4.78 is 5.31. The molecule has 1 heterocycles. The van der Waals surface area contributed by atoms with E-state index in [1.807, 2.05) is 91.9 Å². The highest BCUT2D eigenvalue weighted by atomic mass is 16.5. The maximum Gasteiger partial charge on any atom is 0.325 e. The third-order valence-corrected chi connectivity index (χ3v) is 6.92. The van der Waals surface area contributed by atoms with Crippen molar-refractivity contribution in [2.45, 2.75) is 31.1 Å². The van der Waals surface area contributed by atoms with Crippen LogP contribution in [0.5, 0.6) is 0 Å². The molecular formula is C32H32N6O2. The Morgan fingerprint density at radius 3 is 1.75 bits per heavy atom. The third-order valence-electron chi connectivity index (χ3n) is 6.92. The summed E-state index contributed by atoms with van der Waals surface area (Å²) in [7, 11) is 1.40. The number of rotatable bonds is 11. The Hall–Kier alpha value is -4.82. The molecule has 8 heteroatoms. The van der Waals surface area contributed by atoms with E-state index in [1.54, 1.807) is 0 Å². The first-order valence-electron chi connectivity index (χ1n) is 13.2. The zero-order valence-corrected chi connectivity index (χ0v) is 22.5. The fraction of sp³-hybridized carbons (Fsp3) is 0.188. The maximum atomic E-state index is 13.4. The zero-order chi connectivity index (χ0) is 27.8. The monoisotopic (exact) mass is 532 g/mol. The molecule has 0 saturated heterocycles. The molecule has 8 nitrogen and oxygen atoms in total. The van der Waals surface area contributed by atoms with Crippen LogP contribution in [0, 0.1) is 0 Å². The van der Waals surface area contributed by atoms with E-state index in [9.17, 15) is 4.79 Å². The lowest BCUT2D eigenvalue weighted by atomic mass is 9.76. The van der Waals surface area contributed by atoms with Crippen molar-refractivity contribution in [1.29, 1.82) is 0 Å². The SMILES string of the molecule is COC(=O)C(NC(c1ccccc1)(c1ccccc1)c1ccccc1)C(C)Nc1nnn(Cc2ccccc2)n1. The Balaban J connectivity index is 1.51. The topological polar surface area (TPSA) is 94.0 Å². The van der Waals surface area contributed by atoms with Gasteiger partial charge in [0.2, 0.25) is 0 Å². The molecule has 0 aliphatic rings. The second-order valence-corrected chi connectivity index (χ2v) is 9.56. The van der Waals surface area contributed by atoms with Gasteiger partial charge in [-0.3, -0.25) is 10.1 Å². The number of hydrogen-bond donors (Lipinski definition) is 2. The summed E-state index contributed by atoms with van der Waals surface area (Å²) in [6.45, 7) is 2.39. The Kier molecular flexibility index (Phi) is 8.27. The molecule has 1 aromatic heterocycles. The summed E-state index contributed by atoms with van der Waals surface area (Å²) in [5.41, 5.74) is 3.16. The summed E-state index contributed by atoms with van der Waals surface area (Å²) in [5, 5.41) is 19.8. The molecule has 40 heavy (non-hydrogen) atoms. The summed E-state index contributed by atoms with van der Waals surface area (Å²) >= 11 is 0. The quantitative estimate of drug-likeness (QED) is 0.189. The molecule has 5 rings (SSSR count). The minimum Gasteiger partial charge on any atom is -0.468 e. The van der Waals surface area contributed by atoms with Crippen LogP contribution in [-0.4, -0.2) is 45.4 Å². The number of esters is 1. The van der Waals surface area contributed by atoms with Crippen molar-refractivity contribution < 1.29 is 9.53 Å². The molecule has 0 saturated carbocycles. The van der Waals surface area contributed by atoms with Crippen LogP contribution in [-0.2, 0) is 21.6 Å². The molecule has 5 aromatic rings. The van der Waals surface area contributed by atoms with Crippen LogP contribution in [0.1, 0.15) is 29.2 Å². The van der Waals surface area contributed by atoms with Gasteiger partial charge in [0, 0.05) is 0 Å². The summed E-state index contributed by atoms with van der Waals surface area (Å²) in [4.78, 5) is 14.9. The molecule has 0 fully saturated rings. The van der Waals surface area contributed by atoms with Gasteiger partial charge in [0.25, 0.3) is 5.95 Å². The first-order chi connectivity index (χ1) is 19.6. The number of carbonyl (C=O) groups is 1. The Labute approximate surface area is 234 Å². The number of tetrazole rings is 1. The van der Waals surface area contributed by atoms with Crippen LogP contribution >= 0.6 is 0 Å². The van der Waals surface area contributed by atoms with E-state index in [2.05, 4.69) is 62.4 Å². The summed E-state index contributed by atoms with van der Waals surface area (Å²) in [6.07, 6.45) is 0. The number of benzene rings is 4. The number of anilines is 1. The molecule has 0 bridgehead atoms. The predicted molar refractivity (Wildman–Crippen MR) is 155 cm³/mol. The van der Waals surface area contributed by atoms with Gasteiger partial charge in [-0.05, 0) is 34.4 Å². The van der Waals surface area contributed by atoms with Gasteiger partial charge in [-0.25, -0.2) is 0 Å². The molecule has 0 radical (unpaired) electrons. The van der Waals surface area contributed by atoms with Crippen molar-refractivity contribution in [1.82, 2.24) is 25.5 Å². The van der Waals surface area contributed by atoms with Gasteiger partial charge in [-0.1, -0.05) is 126 Å². The number of aromatic nitrogens is 4. The number of nitrogens with one attached hydrogen (secondary N) is 2. The van der Waals surface area contributed by atoms with Crippen LogP contribution in [0.4, 0.5) is 5.95 Å². The highest BCUT2D eigenvalue weighted by molar-refractivity contribution is 5.77. The first-order valence-corrected chi connectivity index (χ1v) is 13.2. The van der Waals surface area contributed by atoms with Crippen LogP contribution in [0.15, 0.2) is 121 Å². The lowest BCUT2D eigenvalue weighted by Crippen LogP contribution is -2.58. The van der Waals surface area contributed by atoms with Crippen molar-refractivity contribution in [2.75, 3.05) is 12.4 Å². The fourth-order valence-electron chi connectivity index (χ4n) is 4.96. The molecule has 0 aliphatic heterocycles. The number of ether oxygens (including phenoxy) is 1. The highest BCUT2D eigenvalue weighted by Gasteiger charge is 2.42. The van der Waals surface area contributed by atoms with Crippen LogP contribution in [0.2, 0.25) is 0 Å². The smallest absolute Gasteiger partial charge is 0.325 e. The second-order valence-electron chi connectivity index (χ2n) is 9.56. The lowest BCUT2D eigenvalue weighted by molar-refractivity contribution is -0.143. The maximum absolute atomic E-state index is 13.4. The van der Waals surface area contributed by atoms with Crippen molar-refractivity contribution in [2.24, 2.45) is 0 Å². The summed E-state index contributed by atoms with van der Waals surface area (Å²) in [5.74, 6) is -0.0901. The van der Waals surface area contributed by atoms with Crippen molar-refractivity contribution in [3.63, 3.8) is 0 Å². The standard InChI is InChI=1S/C32H32N6O2/c1-24(33-31-35-37-38(36-31)23-25-15-7-3-8-16-25)29(30(39)40-2)34-32(26-17-9-4-10-18-26,27-19-11-5-12-20-27)28-21-13-6-14-22-28/h3-22,24,29,34H,23H2,1-2H3,(H,33,36). The third kappa shape index (κ3) is 5.77. The van der Waals surface area contributed by atoms with E-state index in [4.69, 9.17) is 4.74 Å². The zero-order valence-electron chi connectivity index (χ0n) is 22.5. The molecule has 2 unspecified atom stereocenters. The number of nitrogens with zero attached hydrogens (tertiary/aromatic N) is 4. The Bertz CT molecular complexity index is 1400. The van der Waals surface area contributed by atoms with Gasteiger partial charge in [0.15, 0.2) is 0 Å². The minimum absolute atomic E-state index is 0.323. The Morgan fingerprint density at radius 1 is 0.800 bits per heavy atom. The fourth-order valence-corrected chi connectivity index (χ4v) is 4.96. The number of methoxy groups -OCH3 is 1. The van der Waals surface area contributed by atoms with E-state index < -0.39 is 23.6 Å². The first kappa shape index (κ1) is 26.8. The Morgan fingerprint density at radius 2 is 1.27 bits per heavy atom. The van der Waals surface area contributed by atoms with E-state index in [0.717, 1.165) is 22.3 Å². The van der Waals surface area contributed by atoms with Gasteiger partial charge < -0.3 is 10.1 Å². The minimum atomic E-state index is -0.864. The van der Waals surface area contributed by atoms with Crippen molar-refractivity contribution >= 4 is 11.9 Å². The van der Waals surface area contributed by atoms with E-state index in [0.29, 0.717) is 12.5 Å². The molecule has 2 atom stereocenters. The molecule has 0 spiro atoms. The van der Waals surface area contributed by atoms with Gasteiger partial charge in [-0.2, -0.15) is 4.80 Å². The van der Waals surface area contributed by atoms with E-state index >= 15 is 0 Å². The average Bonchev–Trinajstić information content (AvgIpc) is 3.45. The van der Waals surface area contributed by atoms with Gasteiger partial charge >= 0.3 is 5.97 Å². The number of carbonyl (C=O) groups excluding carboxylic acids is 1. The van der Waals surface area contributed by atoms with E-state index in [1.165, 1.54) is 11.9 Å². The van der Waals surface area contributed by atoms with Crippen LogP contribution in [0.25, 0.3) is 0 Å². The van der Waals surface area contributed by atoms with Gasteiger partial charge in [-0.15, -0.1) is 5.10 Å². The number of hydrogen-bond acceptors (Lipinski definition) is 7. The van der Waals surface area contributed by atoms with Crippen molar-refractivity contribution in [3.05, 3.63) is 144 Å². The second kappa shape index (κ2) is 12.4. The van der Waals surface area contributed by atoms with Crippen molar-refractivity contribution in [3.8, 4) is 0 Å². The van der Waals surface area contributed by atoms with Crippen LogP contribution < -0.4 is 10.6 Å². The van der Waals surface area contributed by atoms with Crippen LogP contribution in [0.3, 0.4) is 0 Å². The molecule has 0 aliphatic carbocycles. The normalized spacial score (nSPS) is 12.8.